The summed E-state index contributed by atoms with van der Waals surface area (Å²) in [7, 11) is 0. The number of rotatable bonds is 6. The molecular weight excluding hydrogens is 240 g/mol. The third kappa shape index (κ3) is 3.96. The number of benzene rings is 1. The Morgan fingerprint density at radius 1 is 1.47 bits per heavy atom. The highest BCUT2D eigenvalue weighted by molar-refractivity contribution is 5.92. The first kappa shape index (κ1) is 13.9. The first-order valence-corrected chi connectivity index (χ1v) is 6.93. The van der Waals surface area contributed by atoms with Crippen molar-refractivity contribution in [2.24, 2.45) is 5.92 Å². The van der Waals surface area contributed by atoms with E-state index in [0.29, 0.717) is 18.9 Å². The summed E-state index contributed by atoms with van der Waals surface area (Å²) in [4.78, 5) is 11.9. The fraction of sp³-hybridized carbons (Fsp3) is 0.533. The molecule has 4 nitrogen and oxygen atoms in total. The van der Waals surface area contributed by atoms with Crippen LogP contribution < -0.4 is 15.4 Å². The topological polar surface area (TPSA) is 50.4 Å². The third-order valence-electron chi connectivity index (χ3n) is 3.21. The molecule has 104 valence electrons. The first-order valence-electron chi connectivity index (χ1n) is 6.93. The molecule has 1 fully saturated rings. The molecule has 1 amide bonds. The Hall–Kier alpha value is -1.55. The lowest BCUT2D eigenvalue weighted by Crippen LogP contribution is -2.43. The molecule has 0 atom stereocenters. The molecule has 1 aliphatic rings. The monoisotopic (exact) mass is 262 g/mol. The van der Waals surface area contributed by atoms with Crippen LogP contribution in [0.3, 0.4) is 0 Å². The molecule has 1 aromatic carbocycles. The number of nitrogens with one attached hydrogen (secondary N) is 2. The minimum absolute atomic E-state index is 0.0664. The van der Waals surface area contributed by atoms with Gasteiger partial charge in [-0.25, -0.2) is 0 Å². The number of hydrogen-bond acceptors (Lipinski definition) is 3. The molecule has 1 heterocycles. The molecule has 4 heteroatoms. The van der Waals surface area contributed by atoms with Gasteiger partial charge in [0, 0.05) is 6.42 Å². The predicted molar refractivity (Wildman–Crippen MR) is 76.6 cm³/mol. The number of ether oxygens (including phenoxy) is 1. The van der Waals surface area contributed by atoms with Crippen LogP contribution >= 0.6 is 0 Å². The van der Waals surface area contributed by atoms with Gasteiger partial charge in [0.15, 0.2) is 0 Å². The zero-order valence-corrected chi connectivity index (χ0v) is 11.7. The van der Waals surface area contributed by atoms with Crippen molar-refractivity contribution in [2.45, 2.75) is 26.7 Å². The summed E-state index contributed by atoms with van der Waals surface area (Å²) in [5.41, 5.74) is 1.91. The summed E-state index contributed by atoms with van der Waals surface area (Å²) in [5, 5.41) is 6.13. The fourth-order valence-electron chi connectivity index (χ4n) is 2.02. The highest BCUT2D eigenvalue weighted by Crippen LogP contribution is 2.26. The number of aryl methyl sites for hydroxylation is 1. The average Bonchev–Trinajstić information content (AvgIpc) is 2.34. The van der Waals surface area contributed by atoms with Crippen LogP contribution in [0.25, 0.3) is 0 Å². The van der Waals surface area contributed by atoms with Gasteiger partial charge in [-0.1, -0.05) is 13.0 Å². The summed E-state index contributed by atoms with van der Waals surface area (Å²) in [5.74, 6) is 1.31. The number of carbonyl (C=O) groups excluding carboxylic acids is 1. The van der Waals surface area contributed by atoms with E-state index in [1.54, 1.807) is 0 Å². The summed E-state index contributed by atoms with van der Waals surface area (Å²) in [6.07, 6.45) is 1.53. The second-order valence-electron chi connectivity index (χ2n) is 5.12. The zero-order chi connectivity index (χ0) is 13.7. The van der Waals surface area contributed by atoms with Crippen LogP contribution in [0.2, 0.25) is 0 Å². The van der Waals surface area contributed by atoms with Crippen molar-refractivity contribution in [3.63, 3.8) is 0 Å². The molecule has 0 aliphatic carbocycles. The SMILES string of the molecule is CCCOc1cc(C)ccc1NC(=O)CC1CNC1. The first-order chi connectivity index (χ1) is 9.19. The zero-order valence-electron chi connectivity index (χ0n) is 11.7. The Balaban J connectivity index is 1.98. The largest absolute Gasteiger partial charge is 0.491 e. The molecule has 0 saturated carbocycles. The maximum Gasteiger partial charge on any atom is 0.224 e. The van der Waals surface area contributed by atoms with E-state index in [9.17, 15) is 4.79 Å². The van der Waals surface area contributed by atoms with Crippen LogP contribution in [0, 0.1) is 12.8 Å². The van der Waals surface area contributed by atoms with Gasteiger partial charge in [-0.15, -0.1) is 0 Å². The van der Waals surface area contributed by atoms with Gasteiger partial charge in [-0.2, -0.15) is 0 Å². The quantitative estimate of drug-likeness (QED) is 0.827. The lowest BCUT2D eigenvalue weighted by atomic mass is 9.99. The minimum atomic E-state index is 0.0664. The van der Waals surface area contributed by atoms with Gasteiger partial charge >= 0.3 is 0 Å². The molecule has 0 spiro atoms. The number of carbonyl (C=O) groups is 1. The Kier molecular flexibility index (Phi) is 4.80. The van der Waals surface area contributed by atoms with Crippen molar-refractivity contribution < 1.29 is 9.53 Å². The van der Waals surface area contributed by atoms with Crippen molar-refractivity contribution in [2.75, 3.05) is 25.0 Å². The van der Waals surface area contributed by atoms with E-state index < -0.39 is 0 Å². The van der Waals surface area contributed by atoms with E-state index in [1.165, 1.54) is 0 Å². The predicted octanol–water partition coefficient (Wildman–Crippen LogP) is 2.33. The summed E-state index contributed by atoms with van der Waals surface area (Å²) < 4.78 is 5.69. The van der Waals surface area contributed by atoms with Crippen molar-refractivity contribution in [1.82, 2.24) is 5.32 Å². The van der Waals surface area contributed by atoms with Crippen molar-refractivity contribution >= 4 is 11.6 Å². The Labute approximate surface area is 114 Å². The molecular formula is C15H22N2O2. The Bertz CT molecular complexity index is 442. The summed E-state index contributed by atoms with van der Waals surface area (Å²) in [6, 6.07) is 5.87. The molecule has 1 aromatic rings. The fourth-order valence-corrected chi connectivity index (χ4v) is 2.02. The molecule has 0 bridgehead atoms. The molecule has 2 N–H and O–H groups in total. The molecule has 0 aromatic heterocycles. The van der Waals surface area contributed by atoms with Crippen molar-refractivity contribution in [3.8, 4) is 5.75 Å². The van der Waals surface area contributed by atoms with Crippen LogP contribution in [0.4, 0.5) is 5.69 Å². The summed E-state index contributed by atoms with van der Waals surface area (Å²) in [6.45, 7) is 6.64. The maximum absolute atomic E-state index is 11.9. The van der Waals surface area contributed by atoms with Crippen LogP contribution in [-0.4, -0.2) is 25.6 Å². The van der Waals surface area contributed by atoms with Crippen LogP contribution in [0.1, 0.15) is 25.3 Å². The van der Waals surface area contributed by atoms with Crippen LogP contribution in [0.15, 0.2) is 18.2 Å². The van der Waals surface area contributed by atoms with Gasteiger partial charge < -0.3 is 15.4 Å². The van der Waals surface area contributed by atoms with E-state index in [-0.39, 0.29) is 5.91 Å². The van der Waals surface area contributed by atoms with Gasteiger partial charge in [-0.05, 0) is 50.0 Å². The van der Waals surface area contributed by atoms with Gasteiger partial charge in [0.1, 0.15) is 5.75 Å². The molecule has 0 radical (unpaired) electrons. The normalized spacial score (nSPS) is 14.8. The van der Waals surface area contributed by atoms with E-state index >= 15 is 0 Å². The summed E-state index contributed by atoms with van der Waals surface area (Å²) >= 11 is 0. The number of anilines is 1. The smallest absolute Gasteiger partial charge is 0.224 e. The average molecular weight is 262 g/mol. The highest BCUT2D eigenvalue weighted by Gasteiger charge is 2.20. The standard InChI is InChI=1S/C15H22N2O2/c1-3-6-19-14-7-11(2)4-5-13(14)17-15(18)8-12-9-16-10-12/h4-5,7,12,16H,3,6,8-10H2,1-2H3,(H,17,18). The van der Waals surface area contributed by atoms with E-state index in [1.807, 2.05) is 25.1 Å². The van der Waals surface area contributed by atoms with Gasteiger partial charge in [0.2, 0.25) is 5.91 Å². The lowest BCUT2D eigenvalue weighted by Gasteiger charge is -2.26. The van der Waals surface area contributed by atoms with Crippen LogP contribution in [0.5, 0.6) is 5.75 Å². The van der Waals surface area contributed by atoms with Crippen molar-refractivity contribution in [3.05, 3.63) is 23.8 Å². The third-order valence-corrected chi connectivity index (χ3v) is 3.21. The van der Waals surface area contributed by atoms with E-state index in [0.717, 1.165) is 36.5 Å². The van der Waals surface area contributed by atoms with Crippen molar-refractivity contribution in [1.29, 1.82) is 0 Å². The molecule has 0 unspecified atom stereocenters. The molecule has 19 heavy (non-hydrogen) atoms. The number of hydrogen-bond donors (Lipinski definition) is 2. The maximum atomic E-state index is 11.9. The van der Waals surface area contributed by atoms with Crippen LogP contribution in [-0.2, 0) is 4.79 Å². The second-order valence-corrected chi connectivity index (χ2v) is 5.12. The lowest BCUT2D eigenvalue weighted by molar-refractivity contribution is -0.117. The molecule has 1 aliphatic heterocycles. The van der Waals surface area contributed by atoms with Gasteiger partial charge in [0.05, 0.1) is 12.3 Å². The highest BCUT2D eigenvalue weighted by atomic mass is 16.5. The Morgan fingerprint density at radius 3 is 2.89 bits per heavy atom. The Morgan fingerprint density at radius 2 is 2.26 bits per heavy atom. The molecule has 1 saturated heterocycles. The molecule has 2 rings (SSSR count). The van der Waals surface area contributed by atoms with E-state index in [4.69, 9.17) is 4.74 Å². The minimum Gasteiger partial charge on any atom is -0.491 e. The number of amides is 1. The second kappa shape index (κ2) is 6.57. The van der Waals surface area contributed by atoms with Gasteiger partial charge in [0.25, 0.3) is 0 Å². The van der Waals surface area contributed by atoms with E-state index in [2.05, 4.69) is 17.6 Å². The van der Waals surface area contributed by atoms with Gasteiger partial charge in [-0.3, -0.25) is 4.79 Å².